The van der Waals surface area contributed by atoms with Crippen LogP contribution in [-0.2, 0) is 72.5 Å². The Hall–Kier alpha value is -15.8. The van der Waals surface area contributed by atoms with Gasteiger partial charge in [0.15, 0.2) is 16.9 Å². The van der Waals surface area contributed by atoms with Crippen molar-refractivity contribution in [3.63, 3.8) is 0 Å². The fraction of sp³-hybridized carbons (Fsp3) is 0.339. The van der Waals surface area contributed by atoms with Crippen molar-refractivity contribution in [1.29, 1.82) is 0 Å². The van der Waals surface area contributed by atoms with Gasteiger partial charge < -0.3 is 29.4 Å². The van der Waals surface area contributed by atoms with Crippen LogP contribution in [0.25, 0.3) is 83.9 Å². The zero-order valence-corrected chi connectivity index (χ0v) is 82.3. The van der Waals surface area contributed by atoms with Crippen molar-refractivity contribution in [3.05, 3.63) is 317 Å². The average Bonchev–Trinajstić information content (AvgIpc) is 1.26. The Morgan fingerprint density at radius 1 is 0.359 bits per heavy atom. The van der Waals surface area contributed by atoms with E-state index in [9.17, 15) is 28.8 Å². The van der Waals surface area contributed by atoms with Gasteiger partial charge in [0.2, 0.25) is 17.7 Å². The first-order valence-electron chi connectivity index (χ1n) is 49.2. The van der Waals surface area contributed by atoms with Crippen LogP contribution in [0.2, 0.25) is 0 Å². The number of benzene rings is 6. The monoisotopic (exact) mass is 1960 g/mol. The number of fused-ring (bicyclic) bond motifs is 21. The number of aromatic nitrogens is 18. The molecule has 0 aliphatic carbocycles. The molecule has 0 radical (unpaired) electrons. The van der Waals surface area contributed by atoms with E-state index in [0.717, 1.165) is 57.6 Å². The highest BCUT2D eigenvalue weighted by molar-refractivity contribution is 5.95. The molecule has 3 saturated heterocycles. The van der Waals surface area contributed by atoms with Crippen LogP contribution in [0.3, 0.4) is 0 Å². The molecule has 145 heavy (non-hydrogen) atoms. The summed E-state index contributed by atoms with van der Waals surface area (Å²) in [5, 5.41) is 26.7. The summed E-state index contributed by atoms with van der Waals surface area (Å²) >= 11 is 0. The molecule has 4 atom stereocenters. The highest BCUT2D eigenvalue weighted by atomic mass is 19.1. The summed E-state index contributed by atoms with van der Waals surface area (Å²) in [7, 11) is 0. The number of carbonyl (C=O) groups is 3. The molecule has 0 unspecified atom stereocenters. The predicted octanol–water partition coefficient (Wildman–Crippen LogP) is 16.0. The summed E-state index contributed by atoms with van der Waals surface area (Å²) in [4.78, 5) is 120. The van der Waals surface area contributed by atoms with Crippen LogP contribution in [0, 0.1) is 34.9 Å². The highest BCUT2D eigenvalue weighted by Crippen LogP contribution is 2.43. The number of rotatable bonds is 9. The zero-order chi connectivity index (χ0) is 102. The van der Waals surface area contributed by atoms with Gasteiger partial charge in [-0.2, -0.15) is 15.0 Å². The van der Waals surface area contributed by atoms with Gasteiger partial charge >= 0.3 is 17.1 Å². The second kappa shape index (κ2) is 40.6. The third-order valence-corrected chi connectivity index (χ3v) is 28.3. The van der Waals surface area contributed by atoms with Crippen molar-refractivity contribution in [1.82, 2.24) is 103 Å². The number of piperazine rings is 3. The molecule has 15 heterocycles. The van der Waals surface area contributed by atoms with Crippen molar-refractivity contribution in [2.75, 3.05) is 67.1 Å². The molecule has 744 valence electrons. The molecule has 30 nitrogen and oxygen atoms in total. The first-order chi connectivity index (χ1) is 69.8. The van der Waals surface area contributed by atoms with Gasteiger partial charge in [-0.05, 0) is 202 Å². The molecule has 21 rings (SSSR count). The summed E-state index contributed by atoms with van der Waals surface area (Å²) in [6, 6.07) is 34.4. The van der Waals surface area contributed by atoms with Gasteiger partial charge in [0.1, 0.15) is 69.4 Å². The lowest BCUT2D eigenvalue weighted by Crippen LogP contribution is -2.58. The van der Waals surface area contributed by atoms with Gasteiger partial charge in [-0.15, -0.1) is 15.3 Å². The number of nitrogens with zero attached hydrogens (tertiary/aromatic N) is 24. The van der Waals surface area contributed by atoms with Gasteiger partial charge in [0.25, 0.3) is 0 Å². The molecular weight excluding hydrogens is 1860 g/mol. The van der Waals surface area contributed by atoms with E-state index in [0.29, 0.717) is 153 Å². The van der Waals surface area contributed by atoms with Crippen molar-refractivity contribution >= 4 is 68.3 Å². The average molecular weight is 1970 g/mol. The molecule has 6 aliphatic heterocycles. The lowest BCUT2D eigenvalue weighted by Gasteiger charge is -2.44. The Morgan fingerprint density at radius 3 is 1.10 bits per heavy atom. The predicted molar refractivity (Wildman–Crippen MR) is 543 cm³/mol. The summed E-state index contributed by atoms with van der Waals surface area (Å²) in [6.45, 7) is 34.6. The zero-order valence-electron chi connectivity index (χ0n) is 82.3. The molecule has 3 fully saturated rings. The van der Waals surface area contributed by atoms with Crippen LogP contribution in [-0.4, -0.2) is 198 Å². The van der Waals surface area contributed by atoms with Crippen LogP contribution >= 0.6 is 0 Å². The standard InChI is InChI=1S/C37H38F2N8O2.2C36H36F2N8O2/c1-6-31(48)45-17-23(5)46(18-22(45)4)35-28-16-30(39)33-32-25(12-9-15-29(32)38)19-44-20-26(42-43-44)13-7-10-24-11-8-14-27(21(2)3)34(24)47(36(28)40-33)37(49)41-35;1-5-30(47)43-15-16-45(22(4)19-43)34-27-18-29(38)32-31-24(10-7-13-28(31)37)17-25-20-44(42-41-25)14-8-11-23-9-6-12-26(21(2)3)33(23)46(35(27)39-32)36(48)40-34;1-5-30(47)43-15-16-45(22(4)18-43)34-27-17-29(38)32-31-24(11-8-14-28(31)37)19-44-20-25(41-42-44)12-6-9-23-10-7-13-26(21(2)3)33(23)46(35(27)39-32)36(48)40-34/h6,8-9,11-12,14-16,20-23H,1,7,10,13,17-19H2,2-5H3;5-7,9-10,12-13,18,20-22H,1,8,11,14-17,19H2,2-4H3;5,7-8,10-11,13-14,17,20-22H,1,6,9,12,15-16,18-19H2,2-4H3/t22-,23+;2*22-/m100/s1. The Balaban J connectivity index is 0.000000137. The van der Waals surface area contributed by atoms with E-state index in [4.69, 9.17) is 15.0 Å². The third kappa shape index (κ3) is 18.8. The minimum absolute atomic E-state index is 0.000899. The van der Waals surface area contributed by atoms with Crippen LogP contribution in [0.4, 0.5) is 43.8 Å². The maximum atomic E-state index is 16.6. The topological polar surface area (TPSA) is 306 Å². The molecule has 6 aromatic carbocycles. The molecule has 15 aromatic rings. The minimum Gasteiger partial charge on any atom is -0.350 e. The fourth-order valence-electron chi connectivity index (χ4n) is 21.2. The van der Waals surface area contributed by atoms with Crippen molar-refractivity contribution in [2.24, 2.45) is 0 Å². The summed E-state index contributed by atoms with van der Waals surface area (Å²) in [5.41, 5.74) is 9.12. The minimum atomic E-state index is -0.755. The maximum Gasteiger partial charge on any atom is 0.355 e. The summed E-state index contributed by atoms with van der Waals surface area (Å²) in [5.74, 6) is -3.87. The van der Waals surface area contributed by atoms with E-state index in [1.807, 2.05) is 143 Å². The van der Waals surface area contributed by atoms with Gasteiger partial charge in [-0.3, -0.25) is 19.1 Å². The molecule has 36 heteroatoms. The van der Waals surface area contributed by atoms with Crippen LogP contribution < -0.4 is 31.8 Å². The van der Waals surface area contributed by atoms with Crippen LogP contribution in [0.15, 0.2) is 198 Å². The number of aryl methyl sites for hydroxylation is 6. The van der Waals surface area contributed by atoms with Gasteiger partial charge in [0, 0.05) is 125 Å². The Bertz CT molecular complexity index is 7590. The largest absolute Gasteiger partial charge is 0.355 e. The Labute approximate surface area is 831 Å². The molecule has 0 saturated carbocycles. The fourth-order valence-corrected chi connectivity index (χ4v) is 21.2. The molecule has 9 aromatic heterocycles. The van der Waals surface area contributed by atoms with Crippen molar-refractivity contribution in [2.45, 2.75) is 189 Å². The number of hydrogen-bond donors (Lipinski definition) is 0. The van der Waals surface area contributed by atoms with E-state index in [1.54, 1.807) is 65.1 Å². The summed E-state index contributed by atoms with van der Waals surface area (Å²) < 4.78 is 106. The highest BCUT2D eigenvalue weighted by Gasteiger charge is 2.39. The first-order valence-corrected chi connectivity index (χ1v) is 49.2. The number of pyridine rings is 3. The number of hydrogen-bond acceptors (Lipinski definition) is 21. The van der Waals surface area contributed by atoms with E-state index >= 15 is 26.3 Å². The second-order valence-electron chi connectivity index (χ2n) is 39.0. The summed E-state index contributed by atoms with van der Waals surface area (Å²) in [6.07, 6.45) is 14.8. The third-order valence-electron chi connectivity index (χ3n) is 28.3. The van der Waals surface area contributed by atoms with Crippen molar-refractivity contribution < 1.29 is 40.7 Å². The smallest absolute Gasteiger partial charge is 0.350 e. The Kier molecular flexibility index (Phi) is 27.4. The second-order valence-corrected chi connectivity index (χ2v) is 39.0. The molecule has 3 amide bonds. The number of amides is 3. The normalized spacial score (nSPS) is 16.9. The number of para-hydroxylation sites is 3. The number of halogens is 6. The molecule has 0 spiro atoms. The SMILES string of the molecule is C=CC(=O)N1CCN(c2nc(=O)n3c4nc(c(F)cc24)-c2c(F)cccc2Cc2cn(nn2)CCCc2cccc(C(C)C)c2-3)[C@@H](C)C1.C=CC(=O)N1CCN(c2nc(=O)n3c4nc(c(F)cc24)-c2c(F)cccc2Cn2cc(nn2)CCCc2cccc(C(C)C)c2-3)[C@@H](C)C1.C=CC(=O)N1C[C@H](C)N(c2nc(=O)n3c4nc(c(F)cc24)-c2c(F)cccc2Cn2cc(nn2)CCCc2cccc(C(C)C)c2-3)C[C@H]1C. The van der Waals surface area contributed by atoms with Crippen LogP contribution in [0.5, 0.6) is 0 Å². The molecular formula is C109H110F6N24O6. The number of anilines is 3. The van der Waals surface area contributed by atoms with Gasteiger partial charge in [0.05, 0.1) is 63.4 Å². The van der Waals surface area contributed by atoms with Gasteiger partial charge in [-0.1, -0.05) is 168 Å². The van der Waals surface area contributed by atoms with Gasteiger partial charge in [-0.25, -0.2) is 78.7 Å². The van der Waals surface area contributed by atoms with Crippen LogP contribution in [0.1, 0.15) is 173 Å². The van der Waals surface area contributed by atoms with E-state index < -0.39 is 52.0 Å². The Morgan fingerprint density at radius 2 is 0.703 bits per heavy atom. The van der Waals surface area contributed by atoms with E-state index in [-0.39, 0.29) is 147 Å². The quantitative estimate of drug-likeness (QED) is 0.0957. The molecule has 0 N–H and O–H groups in total. The maximum absolute atomic E-state index is 16.6. The lowest BCUT2D eigenvalue weighted by molar-refractivity contribution is -0.129. The van der Waals surface area contributed by atoms with Crippen molar-refractivity contribution in [3.8, 4) is 50.8 Å². The first kappa shape index (κ1) is 98.0. The molecule has 12 bridgehead atoms. The van der Waals surface area contributed by atoms with E-state index in [1.165, 1.54) is 68.3 Å². The molecule has 6 aliphatic rings. The lowest BCUT2D eigenvalue weighted by atomic mass is 9.94. The number of carbonyl (C=O) groups excluding carboxylic acids is 3. The van der Waals surface area contributed by atoms with E-state index in [2.05, 4.69) is 79.5 Å².